The SMILES string of the molecule is Cc1cc(Br)ccc1OCCCCNC(C)C. The van der Waals surface area contributed by atoms with Crippen molar-refractivity contribution in [3.63, 3.8) is 0 Å². The Bertz CT molecular complexity index is 339. The Kier molecular flexibility index (Phi) is 6.60. The van der Waals surface area contributed by atoms with E-state index >= 15 is 0 Å². The van der Waals surface area contributed by atoms with E-state index in [-0.39, 0.29) is 0 Å². The maximum absolute atomic E-state index is 5.75. The lowest BCUT2D eigenvalue weighted by molar-refractivity contribution is 0.303. The lowest BCUT2D eigenvalue weighted by Crippen LogP contribution is -2.23. The summed E-state index contributed by atoms with van der Waals surface area (Å²) in [5.74, 6) is 0.991. The first-order valence-electron chi connectivity index (χ1n) is 6.22. The van der Waals surface area contributed by atoms with E-state index in [0.29, 0.717) is 6.04 Å². The normalized spacial score (nSPS) is 10.9. The van der Waals surface area contributed by atoms with Gasteiger partial charge in [-0.25, -0.2) is 0 Å². The van der Waals surface area contributed by atoms with Crippen molar-refractivity contribution < 1.29 is 4.74 Å². The average molecular weight is 300 g/mol. The number of rotatable bonds is 7. The first kappa shape index (κ1) is 14.5. The fraction of sp³-hybridized carbons (Fsp3) is 0.571. The van der Waals surface area contributed by atoms with Crippen LogP contribution >= 0.6 is 15.9 Å². The third kappa shape index (κ3) is 6.08. The van der Waals surface area contributed by atoms with E-state index in [2.05, 4.69) is 48.1 Å². The molecule has 1 rings (SSSR count). The van der Waals surface area contributed by atoms with Gasteiger partial charge in [0.2, 0.25) is 0 Å². The summed E-state index contributed by atoms with van der Waals surface area (Å²) in [6.07, 6.45) is 2.25. The molecule has 2 nitrogen and oxygen atoms in total. The van der Waals surface area contributed by atoms with Crippen LogP contribution in [0.25, 0.3) is 0 Å². The number of aryl methyl sites for hydroxylation is 1. The number of hydrogen-bond acceptors (Lipinski definition) is 2. The molecule has 0 radical (unpaired) electrons. The van der Waals surface area contributed by atoms with Crippen molar-refractivity contribution in [2.75, 3.05) is 13.2 Å². The minimum atomic E-state index is 0.574. The first-order valence-corrected chi connectivity index (χ1v) is 7.01. The number of hydrogen-bond donors (Lipinski definition) is 1. The summed E-state index contributed by atoms with van der Waals surface area (Å²) < 4.78 is 6.85. The van der Waals surface area contributed by atoms with Gasteiger partial charge in [-0.3, -0.25) is 0 Å². The van der Waals surface area contributed by atoms with Crippen LogP contribution in [0.4, 0.5) is 0 Å². The molecule has 0 amide bonds. The topological polar surface area (TPSA) is 21.3 Å². The highest BCUT2D eigenvalue weighted by Gasteiger charge is 1.99. The fourth-order valence-electron chi connectivity index (χ4n) is 1.57. The quantitative estimate of drug-likeness (QED) is 0.771. The highest BCUT2D eigenvalue weighted by atomic mass is 79.9. The van der Waals surface area contributed by atoms with Crippen molar-refractivity contribution in [2.45, 2.75) is 39.7 Å². The van der Waals surface area contributed by atoms with Gasteiger partial charge < -0.3 is 10.1 Å². The van der Waals surface area contributed by atoms with Crippen LogP contribution in [0.3, 0.4) is 0 Å². The summed E-state index contributed by atoms with van der Waals surface area (Å²) in [6.45, 7) is 8.27. The van der Waals surface area contributed by atoms with Gasteiger partial charge in [0.15, 0.2) is 0 Å². The highest BCUT2D eigenvalue weighted by molar-refractivity contribution is 9.10. The zero-order valence-electron chi connectivity index (χ0n) is 10.9. The molecule has 0 unspecified atom stereocenters. The van der Waals surface area contributed by atoms with E-state index in [9.17, 15) is 0 Å². The number of nitrogens with one attached hydrogen (secondary N) is 1. The maximum atomic E-state index is 5.75. The van der Waals surface area contributed by atoms with Crippen LogP contribution in [0, 0.1) is 6.92 Å². The summed E-state index contributed by atoms with van der Waals surface area (Å²) in [5.41, 5.74) is 1.18. The molecule has 96 valence electrons. The van der Waals surface area contributed by atoms with Gasteiger partial charge >= 0.3 is 0 Å². The molecule has 0 aliphatic rings. The monoisotopic (exact) mass is 299 g/mol. The molecule has 1 aromatic carbocycles. The Labute approximate surface area is 113 Å². The average Bonchev–Trinajstić information content (AvgIpc) is 2.25. The van der Waals surface area contributed by atoms with E-state index in [4.69, 9.17) is 4.74 Å². The van der Waals surface area contributed by atoms with E-state index in [1.807, 2.05) is 12.1 Å². The van der Waals surface area contributed by atoms with Gasteiger partial charge in [0, 0.05) is 10.5 Å². The minimum Gasteiger partial charge on any atom is -0.493 e. The molecule has 0 heterocycles. The molecule has 17 heavy (non-hydrogen) atoms. The van der Waals surface area contributed by atoms with Crippen molar-refractivity contribution in [1.29, 1.82) is 0 Å². The maximum Gasteiger partial charge on any atom is 0.122 e. The van der Waals surface area contributed by atoms with Crippen molar-refractivity contribution in [2.24, 2.45) is 0 Å². The summed E-state index contributed by atoms with van der Waals surface area (Å²) >= 11 is 3.45. The molecule has 0 spiro atoms. The van der Waals surface area contributed by atoms with Crippen LogP contribution in [0.5, 0.6) is 5.75 Å². The standard InChI is InChI=1S/C14H22BrNO/c1-11(2)16-8-4-5-9-17-14-7-6-13(15)10-12(14)3/h6-7,10-11,16H,4-5,8-9H2,1-3H3. The molecule has 1 N–H and O–H groups in total. The molecular formula is C14H22BrNO. The minimum absolute atomic E-state index is 0.574. The molecule has 0 aromatic heterocycles. The number of ether oxygens (including phenoxy) is 1. The second kappa shape index (κ2) is 7.72. The zero-order valence-corrected chi connectivity index (χ0v) is 12.5. The summed E-state index contributed by atoms with van der Waals surface area (Å²) in [4.78, 5) is 0. The van der Waals surface area contributed by atoms with E-state index in [1.165, 1.54) is 5.56 Å². The molecule has 1 aromatic rings. The van der Waals surface area contributed by atoms with E-state index in [0.717, 1.165) is 36.2 Å². The predicted octanol–water partition coefficient (Wildman–Crippen LogP) is 3.91. The summed E-state index contributed by atoms with van der Waals surface area (Å²) in [6, 6.07) is 6.69. The predicted molar refractivity (Wildman–Crippen MR) is 76.7 cm³/mol. The number of benzene rings is 1. The second-order valence-electron chi connectivity index (χ2n) is 4.57. The first-order chi connectivity index (χ1) is 8.09. The Balaban J connectivity index is 2.18. The van der Waals surface area contributed by atoms with Gasteiger partial charge in [0.05, 0.1) is 6.61 Å². The van der Waals surface area contributed by atoms with E-state index in [1.54, 1.807) is 0 Å². The molecule has 0 atom stereocenters. The molecular weight excluding hydrogens is 278 g/mol. The van der Waals surface area contributed by atoms with Gasteiger partial charge in [0.25, 0.3) is 0 Å². The number of halogens is 1. The Morgan fingerprint density at radius 1 is 1.29 bits per heavy atom. The zero-order chi connectivity index (χ0) is 12.7. The van der Waals surface area contributed by atoms with Crippen LogP contribution in [-0.4, -0.2) is 19.2 Å². The fourth-order valence-corrected chi connectivity index (χ4v) is 2.05. The van der Waals surface area contributed by atoms with Crippen molar-refractivity contribution in [3.8, 4) is 5.75 Å². The smallest absolute Gasteiger partial charge is 0.122 e. The Hall–Kier alpha value is -0.540. The Morgan fingerprint density at radius 2 is 2.06 bits per heavy atom. The molecule has 0 saturated heterocycles. The molecule has 3 heteroatoms. The van der Waals surface area contributed by atoms with Crippen LogP contribution in [0.15, 0.2) is 22.7 Å². The highest BCUT2D eigenvalue weighted by Crippen LogP contribution is 2.22. The third-order valence-corrected chi connectivity index (χ3v) is 3.01. The van der Waals surface area contributed by atoms with Crippen molar-refractivity contribution in [3.05, 3.63) is 28.2 Å². The third-order valence-electron chi connectivity index (χ3n) is 2.52. The molecule has 0 aliphatic carbocycles. The number of unbranched alkanes of at least 4 members (excludes halogenated alkanes) is 1. The van der Waals surface area contributed by atoms with Crippen LogP contribution in [-0.2, 0) is 0 Å². The van der Waals surface area contributed by atoms with Crippen molar-refractivity contribution >= 4 is 15.9 Å². The van der Waals surface area contributed by atoms with Gasteiger partial charge in [-0.1, -0.05) is 29.8 Å². The van der Waals surface area contributed by atoms with Crippen LogP contribution in [0.2, 0.25) is 0 Å². The molecule has 0 fully saturated rings. The largest absolute Gasteiger partial charge is 0.493 e. The molecule has 0 bridgehead atoms. The van der Waals surface area contributed by atoms with E-state index < -0.39 is 0 Å². The van der Waals surface area contributed by atoms with Gasteiger partial charge in [-0.05, 0) is 50.1 Å². The Morgan fingerprint density at radius 3 is 2.71 bits per heavy atom. The van der Waals surface area contributed by atoms with Crippen molar-refractivity contribution in [1.82, 2.24) is 5.32 Å². The summed E-state index contributed by atoms with van der Waals surface area (Å²) in [5, 5.41) is 3.40. The lowest BCUT2D eigenvalue weighted by Gasteiger charge is -2.10. The summed E-state index contributed by atoms with van der Waals surface area (Å²) in [7, 11) is 0. The molecule has 0 aliphatic heterocycles. The second-order valence-corrected chi connectivity index (χ2v) is 5.49. The van der Waals surface area contributed by atoms with Gasteiger partial charge in [-0.2, -0.15) is 0 Å². The van der Waals surface area contributed by atoms with Gasteiger partial charge in [-0.15, -0.1) is 0 Å². The van der Waals surface area contributed by atoms with Crippen LogP contribution < -0.4 is 10.1 Å². The lowest BCUT2D eigenvalue weighted by atomic mass is 10.2. The van der Waals surface area contributed by atoms with Gasteiger partial charge in [0.1, 0.15) is 5.75 Å². The van der Waals surface area contributed by atoms with Crippen LogP contribution in [0.1, 0.15) is 32.3 Å². The molecule has 0 saturated carbocycles.